The van der Waals surface area contributed by atoms with Crippen LogP contribution in [0.1, 0.15) is 17.1 Å². The van der Waals surface area contributed by atoms with Gasteiger partial charge >= 0.3 is 0 Å². The molecule has 0 saturated carbocycles. The fraction of sp³-hybridized carbons (Fsp3) is 0.200. The maximum Gasteiger partial charge on any atom is 0.247 e. The van der Waals surface area contributed by atoms with E-state index in [0.29, 0.717) is 12.4 Å². The second-order valence-electron chi connectivity index (χ2n) is 4.64. The minimum Gasteiger partial charge on any atom is -0.465 e. The summed E-state index contributed by atoms with van der Waals surface area (Å²) in [6, 6.07) is 9.91. The van der Waals surface area contributed by atoms with E-state index in [9.17, 15) is 0 Å². The molecule has 0 spiro atoms. The Balaban J connectivity index is 1.80. The molecule has 0 aliphatic heterocycles. The van der Waals surface area contributed by atoms with Gasteiger partial charge in [0.15, 0.2) is 0 Å². The summed E-state index contributed by atoms with van der Waals surface area (Å²) >= 11 is 0. The lowest BCUT2D eigenvalue weighted by atomic mass is 10.1. The van der Waals surface area contributed by atoms with Gasteiger partial charge in [0.2, 0.25) is 12.3 Å². The van der Waals surface area contributed by atoms with E-state index in [1.165, 1.54) is 6.39 Å². The summed E-state index contributed by atoms with van der Waals surface area (Å²) in [5.74, 6) is 2.34. The predicted molar refractivity (Wildman–Crippen MR) is 75.2 cm³/mol. The number of rotatable bonds is 4. The highest BCUT2D eigenvalue weighted by molar-refractivity contribution is 5.64. The minimum atomic E-state index is 0.516. The molecule has 1 N–H and O–H groups in total. The van der Waals surface area contributed by atoms with Crippen molar-refractivity contribution in [3.8, 4) is 11.5 Å². The fourth-order valence-corrected chi connectivity index (χ4v) is 2.01. The summed E-state index contributed by atoms with van der Waals surface area (Å²) in [6.45, 7) is 4.63. The first-order chi connectivity index (χ1) is 9.72. The van der Waals surface area contributed by atoms with Crippen molar-refractivity contribution in [3.05, 3.63) is 53.8 Å². The van der Waals surface area contributed by atoms with Crippen LogP contribution in [0.4, 0.5) is 5.69 Å². The highest BCUT2D eigenvalue weighted by Crippen LogP contribution is 2.24. The van der Waals surface area contributed by atoms with Gasteiger partial charge in [0.1, 0.15) is 11.5 Å². The lowest BCUT2D eigenvalue weighted by Gasteiger charge is -2.09. The van der Waals surface area contributed by atoms with Crippen LogP contribution >= 0.6 is 0 Å². The van der Waals surface area contributed by atoms with Gasteiger partial charge in [-0.1, -0.05) is 6.07 Å². The summed E-state index contributed by atoms with van der Waals surface area (Å²) in [5, 5.41) is 11.0. The van der Waals surface area contributed by atoms with Crippen LogP contribution in [-0.2, 0) is 6.54 Å². The molecule has 5 heteroatoms. The molecular weight excluding hydrogens is 254 g/mol. The van der Waals surface area contributed by atoms with Crippen molar-refractivity contribution in [2.24, 2.45) is 0 Å². The predicted octanol–water partition coefficient (Wildman–Crippen LogP) is 3.56. The maximum atomic E-state index is 5.54. The number of hydrogen-bond acceptors (Lipinski definition) is 5. The van der Waals surface area contributed by atoms with Crippen molar-refractivity contribution in [3.63, 3.8) is 0 Å². The zero-order valence-electron chi connectivity index (χ0n) is 11.4. The van der Waals surface area contributed by atoms with Gasteiger partial charge in [0, 0.05) is 11.3 Å². The van der Waals surface area contributed by atoms with Crippen LogP contribution in [0.3, 0.4) is 0 Å². The van der Waals surface area contributed by atoms with Crippen molar-refractivity contribution in [1.29, 1.82) is 0 Å². The molecule has 2 heterocycles. The second-order valence-corrected chi connectivity index (χ2v) is 4.64. The molecule has 0 saturated heterocycles. The van der Waals surface area contributed by atoms with Crippen LogP contribution in [0.25, 0.3) is 11.5 Å². The third kappa shape index (κ3) is 2.56. The Morgan fingerprint density at radius 3 is 2.75 bits per heavy atom. The molecule has 1 aromatic carbocycles. The Labute approximate surface area is 116 Å². The average Bonchev–Trinajstić information content (AvgIpc) is 3.09. The lowest BCUT2D eigenvalue weighted by molar-refractivity contribution is 0.490. The maximum absolute atomic E-state index is 5.54. The standard InChI is InChI=1S/C15H15N3O2/c1-10-3-5-12(15-18-17-9-19-15)7-14(10)16-8-13-6-4-11(2)20-13/h3-7,9,16H,8H2,1-2H3. The topological polar surface area (TPSA) is 64.1 Å². The summed E-state index contributed by atoms with van der Waals surface area (Å²) < 4.78 is 10.8. The first kappa shape index (κ1) is 12.5. The number of furan rings is 1. The minimum absolute atomic E-state index is 0.516. The summed E-state index contributed by atoms with van der Waals surface area (Å²) in [7, 11) is 0. The quantitative estimate of drug-likeness (QED) is 0.784. The van der Waals surface area contributed by atoms with Gasteiger partial charge in [-0.05, 0) is 43.7 Å². The molecule has 5 nitrogen and oxygen atoms in total. The summed E-state index contributed by atoms with van der Waals surface area (Å²) in [4.78, 5) is 0. The van der Waals surface area contributed by atoms with Crippen molar-refractivity contribution < 1.29 is 8.83 Å². The number of nitrogens with one attached hydrogen (secondary N) is 1. The SMILES string of the molecule is Cc1ccc(CNc2cc(-c3nnco3)ccc2C)o1. The normalized spacial score (nSPS) is 10.7. The van der Waals surface area contributed by atoms with Gasteiger partial charge in [0.05, 0.1) is 6.54 Å². The lowest BCUT2D eigenvalue weighted by Crippen LogP contribution is -2.00. The van der Waals surface area contributed by atoms with E-state index in [0.717, 1.165) is 28.3 Å². The monoisotopic (exact) mass is 269 g/mol. The Kier molecular flexibility index (Phi) is 3.25. The van der Waals surface area contributed by atoms with E-state index in [1.807, 2.05) is 44.2 Å². The van der Waals surface area contributed by atoms with Crippen LogP contribution < -0.4 is 5.32 Å². The number of anilines is 1. The molecule has 0 atom stereocenters. The molecule has 0 bridgehead atoms. The third-order valence-electron chi connectivity index (χ3n) is 3.09. The van der Waals surface area contributed by atoms with Crippen molar-refractivity contribution in [2.75, 3.05) is 5.32 Å². The van der Waals surface area contributed by atoms with Gasteiger partial charge < -0.3 is 14.2 Å². The van der Waals surface area contributed by atoms with Crippen LogP contribution in [-0.4, -0.2) is 10.2 Å². The molecule has 0 fully saturated rings. The molecule has 0 aliphatic rings. The smallest absolute Gasteiger partial charge is 0.247 e. The molecular formula is C15H15N3O2. The van der Waals surface area contributed by atoms with Crippen molar-refractivity contribution in [1.82, 2.24) is 10.2 Å². The van der Waals surface area contributed by atoms with E-state index in [4.69, 9.17) is 8.83 Å². The van der Waals surface area contributed by atoms with E-state index < -0.39 is 0 Å². The number of aryl methyl sites for hydroxylation is 2. The Morgan fingerprint density at radius 2 is 2.05 bits per heavy atom. The third-order valence-corrected chi connectivity index (χ3v) is 3.09. The highest BCUT2D eigenvalue weighted by atomic mass is 16.4. The molecule has 2 aromatic heterocycles. The van der Waals surface area contributed by atoms with E-state index >= 15 is 0 Å². The molecule has 0 radical (unpaired) electrons. The first-order valence-electron chi connectivity index (χ1n) is 6.39. The van der Waals surface area contributed by atoms with E-state index in [1.54, 1.807) is 0 Å². The van der Waals surface area contributed by atoms with Gasteiger partial charge in [-0.3, -0.25) is 0 Å². The first-order valence-corrected chi connectivity index (χ1v) is 6.39. The number of nitrogens with zero attached hydrogens (tertiary/aromatic N) is 2. The highest BCUT2D eigenvalue weighted by Gasteiger charge is 2.07. The molecule has 20 heavy (non-hydrogen) atoms. The van der Waals surface area contributed by atoms with Crippen LogP contribution in [0.2, 0.25) is 0 Å². The molecule has 102 valence electrons. The fourth-order valence-electron chi connectivity index (χ4n) is 2.01. The number of aromatic nitrogens is 2. The van der Waals surface area contributed by atoms with Crippen LogP contribution in [0.15, 0.2) is 45.6 Å². The van der Waals surface area contributed by atoms with E-state index in [2.05, 4.69) is 15.5 Å². The Morgan fingerprint density at radius 1 is 1.15 bits per heavy atom. The summed E-state index contributed by atoms with van der Waals surface area (Å²) in [6.07, 6.45) is 1.33. The van der Waals surface area contributed by atoms with Crippen LogP contribution in [0.5, 0.6) is 0 Å². The number of benzene rings is 1. The zero-order chi connectivity index (χ0) is 13.9. The zero-order valence-corrected chi connectivity index (χ0v) is 11.4. The van der Waals surface area contributed by atoms with Crippen LogP contribution in [0, 0.1) is 13.8 Å². The van der Waals surface area contributed by atoms with E-state index in [-0.39, 0.29) is 0 Å². The second kappa shape index (κ2) is 5.21. The van der Waals surface area contributed by atoms with Crippen molar-refractivity contribution in [2.45, 2.75) is 20.4 Å². The molecule has 0 unspecified atom stereocenters. The summed E-state index contributed by atoms with van der Waals surface area (Å²) in [5.41, 5.74) is 3.07. The number of hydrogen-bond donors (Lipinski definition) is 1. The average molecular weight is 269 g/mol. The molecule has 3 aromatic rings. The molecule has 0 aliphatic carbocycles. The van der Waals surface area contributed by atoms with Gasteiger partial charge in [-0.25, -0.2) is 0 Å². The van der Waals surface area contributed by atoms with Crippen molar-refractivity contribution >= 4 is 5.69 Å². The van der Waals surface area contributed by atoms with Gasteiger partial charge in [-0.2, -0.15) is 0 Å². The largest absolute Gasteiger partial charge is 0.465 e. The Hall–Kier alpha value is -2.56. The van der Waals surface area contributed by atoms with Gasteiger partial charge in [-0.15, -0.1) is 10.2 Å². The Bertz CT molecular complexity index is 702. The molecule has 0 amide bonds. The van der Waals surface area contributed by atoms with Gasteiger partial charge in [0.25, 0.3) is 0 Å². The molecule has 3 rings (SSSR count).